The molecule has 2 atom stereocenters. The molecule has 0 spiro atoms. The molecule has 4 nitrogen and oxygen atoms in total. The van der Waals surface area contributed by atoms with Crippen molar-refractivity contribution in [3.05, 3.63) is 83.6 Å². The second-order valence-electron chi connectivity index (χ2n) is 7.04. The van der Waals surface area contributed by atoms with Crippen molar-refractivity contribution >= 4 is 11.8 Å². The van der Waals surface area contributed by atoms with E-state index >= 15 is 0 Å². The molecule has 3 rings (SSSR count). The second kappa shape index (κ2) is 9.88. The van der Waals surface area contributed by atoms with E-state index in [1.54, 1.807) is 13.0 Å². The number of hydrogen-bond acceptors (Lipinski definition) is 4. The lowest BCUT2D eigenvalue weighted by Gasteiger charge is -2.29. The molecule has 0 amide bonds. The first-order valence-corrected chi connectivity index (χ1v) is 9.93. The Morgan fingerprint density at radius 2 is 1.75 bits per heavy atom. The molecule has 0 bridgehead atoms. The summed E-state index contributed by atoms with van der Waals surface area (Å²) in [7, 11) is 0. The number of carbonyl (C=O) groups excluding carboxylic acids is 2. The maximum absolute atomic E-state index is 12.7. The van der Waals surface area contributed by atoms with Gasteiger partial charge in [-0.05, 0) is 37.3 Å². The third-order valence-electron chi connectivity index (χ3n) is 5.07. The van der Waals surface area contributed by atoms with Gasteiger partial charge < -0.3 is 10.1 Å². The van der Waals surface area contributed by atoms with Gasteiger partial charge in [-0.3, -0.25) is 9.59 Å². The number of ether oxygens (including phenoxy) is 1. The molecular weight excluding hydrogens is 350 g/mol. The van der Waals surface area contributed by atoms with Gasteiger partial charge in [0, 0.05) is 24.2 Å². The van der Waals surface area contributed by atoms with Crippen molar-refractivity contribution in [2.24, 2.45) is 5.92 Å². The van der Waals surface area contributed by atoms with E-state index in [1.807, 2.05) is 48.5 Å². The van der Waals surface area contributed by atoms with Gasteiger partial charge in [0.1, 0.15) is 5.92 Å². The Balaban J connectivity index is 1.66. The molecule has 1 aliphatic rings. The van der Waals surface area contributed by atoms with E-state index in [0.717, 1.165) is 30.6 Å². The number of allylic oxidation sites excluding steroid dienone is 2. The van der Waals surface area contributed by atoms with Gasteiger partial charge in [0.2, 0.25) is 0 Å². The van der Waals surface area contributed by atoms with Crippen LogP contribution in [0.5, 0.6) is 0 Å². The van der Waals surface area contributed by atoms with Crippen LogP contribution in [-0.4, -0.2) is 24.9 Å². The van der Waals surface area contributed by atoms with Crippen LogP contribution in [0.4, 0.5) is 0 Å². The molecule has 28 heavy (non-hydrogen) atoms. The standard InChI is InChI=1S/C24H27NO3/c1-2-28-24(27)23-21(19-13-7-4-8-14-19)16-20(17-22(23)26)25-15-9-12-18-10-5-3-6-11-18/h3-8,10-11,13-14,17,21,23,25H,2,9,12,15-16H2,1H3. The van der Waals surface area contributed by atoms with Crippen LogP contribution in [0.2, 0.25) is 0 Å². The van der Waals surface area contributed by atoms with E-state index in [1.165, 1.54) is 5.56 Å². The molecule has 0 fully saturated rings. The third-order valence-corrected chi connectivity index (χ3v) is 5.07. The number of hydrogen-bond donors (Lipinski definition) is 1. The molecule has 2 aromatic rings. The lowest BCUT2D eigenvalue weighted by Crippen LogP contribution is -2.36. The van der Waals surface area contributed by atoms with Gasteiger partial charge in [-0.2, -0.15) is 0 Å². The maximum Gasteiger partial charge on any atom is 0.317 e. The predicted octanol–water partition coefficient (Wildman–Crippen LogP) is 4.03. The van der Waals surface area contributed by atoms with Crippen molar-refractivity contribution in [1.82, 2.24) is 5.32 Å². The van der Waals surface area contributed by atoms with Gasteiger partial charge in [0.05, 0.1) is 6.61 Å². The Morgan fingerprint density at radius 3 is 2.43 bits per heavy atom. The van der Waals surface area contributed by atoms with Gasteiger partial charge in [-0.1, -0.05) is 60.7 Å². The summed E-state index contributed by atoms with van der Waals surface area (Å²) in [6.07, 6.45) is 4.18. The van der Waals surface area contributed by atoms with Gasteiger partial charge in [-0.25, -0.2) is 0 Å². The fraction of sp³-hybridized carbons (Fsp3) is 0.333. The van der Waals surface area contributed by atoms with Gasteiger partial charge in [0.15, 0.2) is 5.78 Å². The normalized spacial score (nSPS) is 19.0. The molecule has 0 heterocycles. The minimum absolute atomic E-state index is 0.177. The largest absolute Gasteiger partial charge is 0.465 e. The molecule has 0 saturated heterocycles. The van der Waals surface area contributed by atoms with Crippen LogP contribution in [0, 0.1) is 5.92 Å². The zero-order valence-electron chi connectivity index (χ0n) is 16.3. The van der Waals surface area contributed by atoms with Crippen LogP contribution in [0.1, 0.15) is 36.8 Å². The fourth-order valence-electron chi connectivity index (χ4n) is 3.71. The van der Waals surface area contributed by atoms with E-state index < -0.39 is 11.9 Å². The molecule has 146 valence electrons. The zero-order valence-corrected chi connectivity index (χ0v) is 16.3. The van der Waals surface area contributed by atoms with E-state index in [9.17, 15) is 9.59 Å². The minimum atomic E-state index is -0.766. The van der Waals surface area contributed by atoms with Crippen LogP contribution >= 0.6 is 0 Å². The number of benzene rings is 2. The molecule has 2 aromatic carbocycles. The van der Waals surface area contributed by atoms with Gasteiger partial charge in [-0.15, -0.1) is 0 Å². The van der Waals surface area contributed by atoms with Crippen molar-refractivity contribution in [1.29, 1.82) is 0 Å². The second-order valence-corrected chi connectivity index (χ2v) is 7.04. The number of nitrogens with one attached hydrogen (secondary N) is 1. The quantitative estimate of drug-likeness (QED) is 0.429. The summed E-state index contributed by atoms with van der Waals surface area (Å²) < 4.78 is 5.18. The highest BCUT2D eigenvalue weighted by Crippen LogP contribution is 2.36. The number of carbonyl (C=O) groups is 2. The minimum Gasteiger partial charge on any atom is -0.465 e. The Labute approximate surface area is 166 Å². The predicted molar refractivity (Wildman–Crippen MR) is 110 cm³/mol. The van der Waals surface area contributed by atoms with Crippen molar-refractivity contribution in [2.75, 3.05) is 13.2 Å². The topological polar surface area (TPSA) is 55.4 Å². The lowest BCUT2D eigenvalue weighted by molar-refractivity contribution is -0.151. The fourth-order valence-corrected chi connectivity index (χ4v) is 3.71. The Morgan fingerprint density at radius 1 is 1.07 bits per heavy atom. The highest BCUT2D eigenvalue weighted by molar-refractivity contribution is 6.07. The number of rotatable bonds is 8. The van der Waals surface area contributed by atoms with Crippen molar-refractivity contribution in [3.8, 4) is 0 Å². The van der Waals surface area contributed by atoms with Gasteiger partial charge in [0.25, 0.3) is 0 Å². The van der Waals surface area contributed by atoms with E-state index in [0.29, 0.717) is 6.42 Å². The monoisotopic (exact) mass is 377 g/mol. The SMILES string of the molecule is CCOC(=O)C1C(=O)C=C(NCCCc2ccccc2)CC1c1ccccc1. The Kier molecular flexibility index (Phi) is 7.01. The molecule has 0 aliphatic heterocycles. The smallest absolute Gasteiger partial charge is 0.317 e. The summed E-state index contributed by atoms with van der Waals surface area (Å²) in [6, 6.07) is 20.1. The highest BCUT2D eigenvalue weighted by Gasteiger charge is 2.39. The van der Waals surface area contributed by atoms with Crippen LogP contribution < -0.4 is 5.32 Å². The van der Waals surface area contributed by atoms with Crippen LogP contribution in [0.25, 0.3) is 0 Å². The van der Waals surface area contributed by atoms with E-state index in [2.05, 4.69) is 17.4 Å². The zero-order chi connectivity index (χ0) is 19.8. The first kappa shape index (κ1) is 19.9. The molecule has 4 heteroatoms. The average Bonchev–Trinajstić information content (AvgIpc) is 2.72. The molecular formula is C24H27NO3. The lowest BCUT2D eigenvalue weighted by atomic mass is 9.76. The number of esters is 1. The molecule has 2 unspecified atom stereocenters. The first-order chi connectivity index (χ1) is 13.7. The molecule has 0 radical (unpaired) electrons. The van der Waals surface area contributed by atoms with Gasteiger partial charge >= 0.3 is 5.97 Å². The summed E-state index contributed by atoms with van der Waals surface area (Å²) in [5.74, 6) is -1.57. The van der Waals surface area contributed by atoms with Crippen molar-refractivity contribution in [2.45, 2.75) is 32.1 Å². The van der Waals surface area contributed by atoms with E-state index in [4.69, 9.17) is 4.74 Å². The van der Waals surface area contributed by atoms with E-state index in [-0.39, 0.29) is 18.3 Å². The highest BCUT2D eigenvalue weighted by atomic mass is 16.5. The average molecular weight is 377 g/mol. The third kappa shape index (κ3) is 5.10. The summed E-state index contributed by atoms with van der Waals surface area (Å²) in [4.78, 5) is 25.2. The summed E-state index contributed by atoms with van der Waals surface area (Å²) >= 11 is 0. The summed E-state index contributed by atoms with van der Waals surface area (Å²) in [5, 5.41) is 3.40. The molecule has 0 aromatic heterocycles. The summed E-state index contributed by atoms with van der Waals surface area (Å²) in [6.45, 7) is 2.83. The molecule has 1 N–H and O–H groups in total. The Hall–Kier alpha value is -2.88. The molecule has 0 saturated carbocycles. The Bertz CT molecular complexity index is 814. The van der Waals surface area contributed by atoms with Crippen molar-refractivity contribution < 1.29 is 14.3 Å². The van der Waals surface area contributed by atoms with Crippen LogP contribution in [0.3, 0.4) is 0 Å². The number of ketones is 1. The molecule has 1 aliphatic carbocycles. The number of aryl methyl sites for hydroxylation is 1. The van der Waals surface area contributed by atoms with Crippen LogP contribution in [-0.2, 0) is 20.7 Å². The maximum atomic E-state index is 12.7. The van der Waals surface area contributed by atoms with Crippen LogP contribution in [0.15, 0.2) is 72.4 Å². The first-order valence-electron chi connectivity index (χ1n) is 9.93. The van der Waals surface area contributed by atoms with Crippen molar-refractivity contribution in [3.63, 3.8) is 0 Å². The summed E-state index contributed by atoms with van der Waals surface area (Å²) in [5.41, 5.74) is 3.19.